The second-order valence-electron chi connectivity index (χ2n) is 5.05. The van der Waals surface area contributed by atoms with Gasteiger partial charge in [-0.25, -0.2) is 0 Å². The Morgan fingerprint density at radius 1 is 0.952 bits per heavy atom. The summed E-state index contributed by atoms with van der Waals surface area (Å²) in [5.74, 6) is 0.781. The SMILES string of the molecule is FC(F)(F)c1cccc(-c2ccc(N3CCCC3)nn2)c1. The van der Waals surface area contributed by atoms with Crippen LogP contribution in [0.3, 0.4) is 0 Å². The summed E-state index contributed by atoms with van der Waals surface area (Å²) in [5, 5.41) is 8.18. The van der Waals surface area contributed by atoms with Crippen LogP contribution in [0.15, 0.2) is 36.4 Å². The molecule has 0 N–H and O–H groups in total. The maximum Gasteiger partial charge on any atom is 0.416 e. The first kappa shape index (κ1) is 13.9. The van der Waals surface area contributed by atoms with Crippen molar-refractivity contribution in [1.29, 1.82) is 0 Å². The maximum absolute atomic E-state index is 12.7. The number of aromatic nitrogens is 2. The van der Waals surface area contributed by atoms with Crippen LogP contribution in [0.5, 0.6) is 0 Å². The van der Waals surface area contributed by atoms with Gasteiger partial charge in [0.15, 0.2) is 5.82 Å². The second kappa shape index (κ2) is 5.35. The molecule has 21 heavy (non-hydrogen) atoms. The molecule has 1 aliphatic rings. The predicted molar refractivity (Wildman–Crippen MR) is 73.9 cm³/mol. The Balaban J connectivity index is 1.87. The van der Waals surface area contributed by atoms with Gasteiger partial charge in [-0.05, 0) is 37.1 Å². The van der Waals surface area contributed by atoms with E-state index in [0.717, 1.165) is 43.9 Å². The minimum Gasteiger partial charge on any atom is -0.355 e. The van der Waals surface area contributed by atoms with Crippen LogP contribution < -0.4 is 4.90 Å². The van der Waals surface area contributed by atoms with E-state index in [0.29, 0.717) is 11.3 Å². The normalized spacial score (nSPS) is 15.5. The summed E-state index contributed by atoms with van der Waals surface area (Å²) in [6.07, 6.45) is -2.08. The summed E-state index contributed by atoms with van der Waals surface area (Å²) in [4.78, 5) is 2.13. The van der Waals surface area contributed by atoms with Crippen LogP contribution in [0.25, 0.3) is 11.3 Å². The van der Waals surface area contributed by atoms with E-state index in [-0.39, 0.29) is 0 Å². The minimum absolute atomic E-state index is 0.422. The molecule has 0 bridgehead atoms. The summed E-state index contributed by atoms with van der Waals surface area (Å²) in [5.41, 5.74) is 0.194. The van der Waals surface area contributed by atoms with Crippen molar-refractivity contribution >= 4 is 5.82 Å². The van der Waals surface area contributed by atoms with E-state index in [1.54, 1.807) is 12.1 Å². The van der Waals surface area contributed by atoms with Gasteiger partial charge in [-0.3, -0.25) is 0 Å². The zero-order valence-corrected chi connectivity index (χ0v) is 11.3. The van der Waals surface area contributed by atoms with Crippen molar-refractivity contribution in [2.45, 2.75) is 19.0 Å². The lowest BCUT2D eigenvalue weighted by Crippen LogP contribution is -2.19. The number of benzene rings is 1. The summed E-state index contributed by atoms with van der Waals surface area (Å²) in [7, 11) is 0. The third-order valence-corrected chi connectivity index (χ3v) is 3.57. The Morgan fingerprint density at radius 2 is 1.71 bits per heavy atom. The molecule has 0 aliphatic carbocycles. The number of hydrogen-bond donors (Lipinski definition) is 0. The van der Waals surface area contributed by atoms with E-state index >= 15 is 0 Å². The van der Waals surface area contributed by atoms with E-state index in [2.05, 4.69) is 15.1 Å². The van der Waals surface area contributed by atoms with Crippen molar-refractivity contribution in [2.75, 3.05) is 18.0 Å². The van der Waals surface area contributed by atoms with Gasteiger partial charge in [0.05, 0.1) is 11.3 Å². The second-order valence-corrected chi connectivity index (χ2v) is 5.05. The molecular formula is C15H14F3N3. The summed E-state index contributed by atoms with van der Waals surface area (Å²) in [6.45, 7) is 1.91. The average Bonchev–Trinajstić information content (AvgIpc) is 3.01. The van der Waals surface area contributed by atoms with E-state index in [1.807, 2.05) is 6.07 Å². The van der Waals surface area contributed by atoms with Crippen LogP contribution in [0.2, 0.25) is 0 Å². The molecule has 3 rings (SSSR count). The highest BCUT2D eigenvalue weighted by molar-refractivity contribution is 5.61. The molecule has 6 heteroatoms. The van der Waals surface area contributed by atoms with Gasteiger partial charge in [-0.15, -0.1) is 10.2 Å². The quantitative estimate of drug-likeness (QED) is 0.844. The highest BCUT2D eigenvalue weighted by Gasteiger charge is 2.30. The number of alkyl halides is 3. The summed E-state index contributed by atoms with van der Waals surface area (Å²) < 4.78 is 38.1. The number of anilines is 1. The smallest absolute Gasteiger partial charge is 0.355 e. The Hall–Kier alpha value is -2.11. The number of hydrogen-bond acceptors (Lipinski definition) is 3. The van der Waals surface area contributed by atoms with Crippen LogP contribution in [-0.4, -0.2) is 23.3 Å². The third-order valence-electron chi connectivity index (χ3n) is 3.57. The molecule has 0 saturated carbocycles. The molecule has 1 fully saturated rings. The van der Waals surface area contributed by atoms with Crippen molar-refractivity contribution in [2.24, 2.45) is 0 Å². The fourth-order valence-corrected chi connectivity index (χ4v) is 2.45. The number of rotatable bonds is 2. The van der Waals surface area contributed by atoms with Gasteiger partial charge < -0.3 is 4.90 Å². The summed E-state index contributed by atoms with van der Waals surface area (Å²) in [6, 6.07) is 8.67. The van der Waals surface area contributed by atoms with Gasteiger partial charge in [-0.1, -0.05) is 12.1 Å². The standard InChI is InChI=1S/C15H14F3N3/c16-15(17,18)12-5-3-4-11(10-12)13-6-7-14(20-19-13)21-8-1-2-9-21/h3-7,10H,1-2,8-9H2. The van der Waals surface area contributed by atoms with Crippen molar-refractivity contribution in [1.82, 2.24) is 10.2 Å². The van der Waals surface area contributed by atoms with Crippen LogP contribution in [0.4, 0.5) is 19.0 Å². The van der Waals surface area contributed by atoms with Gasteiger partial charge >= 0.3 is 6.18 Å². The maximum atomic E-state index is 12.7. The lowest BCUT2D eigenvalue weighted by Gasteiger charge is -2.15. The third kappa shape index (κ3) is 2.99. The van der Waals surface area contributed by atoms with Crippen LogP contribution >= 0.6 is 0 Å². The average molecular weight is 293 g/mol. The Labute approximate surface area is 120 Å². The predicted octanol–water partition coefficient (Wildman–Crippen LogP) is 3.76. The lowest BCUT2D eigenvalue weighted by molar-refractivity contribution is -0.137. The number of nitrogens with zero attached hydrogens (tertiary/aromatic N) is 3. The monoisotopic (exact) mass is 293 g/mol. The largest absolute Gasteiger partial charge is 0.416 e. The highest BCUT2D eigenvalue weighted by atomic mass is 19.4. The fraction of sp³-hybridized carbons (Fsp3) is 0.333. The molecule has 1 aliphatic heterocycles. The molecule has 3 nitrogen and oxygen atoms in total. The van der Waals surface area contributed by atoms with E-state index in [1.165, 1.54) is 6.07 Å². The summed E-state index contributed by atoms with van der Waals surface area (Å²) >= 11 is 0. The van der Waals surface area contributed by atoms with Gasteiger partial charge in [0, 0.05) is 18.7 Å². The molecule has 0 amide bonds. The Bertz CT molecular complexity index is 617. The van der Waals surface area contributed by atoms with Crippen molar-refractivity contribution < 1.29 is 13.2 Å². The minimum atomic E-state index is -4.35. The van der Waals surface area contributed by atoms with Gasteiger partial charge in [0.1, 0.15) is 0 Å². The van der Waals surface area contributed by atoms with Gasteiger partial charge in [0.2, 0.25) is 0 Å². The van der Waals surface area contributed by atoms with Crippen molar-refractivity contribution in [3.8, 4) is 11.3 Å². The molecule has 0 spiro atoms. The molecule has 0 radical (unpaired) electrons. The molecule has 1 saturated heterocycles. The first-order valence-corrected chi connectivity index (χ1v) is 6.80. The molecule has 1 aromatic carbocycles. The lowest BCUT2D eigenvalue weighted by atomic mass is 10.1. The fourth-order valence-electron chi connectivity index (χ4n) is 2.45. The first-order valence-electron chi connectivity index (χ1n) is 6.80. The van der Waals surface area contributed by atoms with Crippen LogP contribution in [-0.2, 0) is 6.18 Å². The molecule has 1 aromatic heterocycles. The molecular weight excluding hydrogens is 279 g/mol. The van der Waals surface area contributed by atoms with Crippen LogP contribution in [0, 0.1) is 0 Å². The Kier molecular flexibility index (Phi) is 3.53. The zero-order valence-electron chi connectivity index (χ0n) is 11.3. The van der Waals surface area contributed by atoms with Gasteiger partial charge in [0.25, 0.3) is 0 Å². The van der Waals surface area contributed by atoms with Gasteiger partial charge in [-0.2, -0.15) is 13.2 Å². The molecule has 2 aromatic rings. The molecule has 0 unspecified atom stereocenters. The van der Waals surface area contributed by atoms with E-state index < -0.39 is 11.7 Å². The van der Waals surface area contributed by atoms with Crippen LogP contribution in [0.1, 0.15) is 18.4 Å². The van der Waals surface area contributed by atoms with E-state index in [9.17, 15) is 13.2 Å². The molecule has 0 atom stereocenters. The highest BCUT2D eigenvalue weighted by Crippen LogP contribution is 2.31. The molecule has 2 heterocycles. The number of halogens is 3. The van der Waals surface area contributed by atoms with Crippen molar-refractivity contribution in [3.63, 3.8) is 0 Å². The first-order chi connectivity index (χ1) is 10.0. The topological polar surface area (TPSA) is 29.0 Å². The Morgan fingerprint density at radius 3 is 2.33 bits per heavy atom. The van der Waals surface area contributed by atoms with E-state index in [4.69, 9.17) is 0 Å². The van der Waals surface area contributed by atoms with Crippen molar-refractivity contribution in [3.05, 3.63) is 42.0 Å². The molecule has 110 valence electrons. The zero-order chi connectivity index (χ0) is 14.9.